The highest BCUT2D eigenvalue weighted by Gasteiger charge is 2.18. The van der Waals surface area contributed by atoms with Gasteiger partial charge in [0.15, 0.2) is 0 Å². The van der Waals surface area contributed by atoms with Gasteiger partial charge in [-0.2, -0.15) is 0 Å². The van der Waals surface area contributed by atoms with E-state index in [9.17, 15) is 9.59 Å². The second kappa shape index (κ2) is 5.25. The molecule has 0 saturated heterocycles. The highest BCUT2D eigenvalue weighted by Crippen LogP contribution is 2.01. The standard InChI is InChI=1S/C11H14N2O3/c1-3-9(11(15)16)13-10(14)8-5-4-7(2)12-6-8/h4-6,9H,3H2,1-2H3,(H,13,14)(H,15,16). The lowest BCUT2D eigenvalue weighted by molar-refractivity contribution is -0.139. The molecule has 1 amide bonds. The lowest BCUT2D eigenvalue weighted by Gasteiger charge is -2.11. The van der Waals surface area contributed by atoms with Crippen molar-refractivity contribution in [2.45, 2.75) is 26.3 Å². The zero-order valence-electron chi connectivity index (χ0n) is 9.23. The van der Waals surface area contributed by atoms with Crippen LogP contribution in [-0.4, -0.2) is 28.0 Å². The van der Waals surface area contributed by atoms with Gasteiger partial charge in [0.1, 0.15) is 6.04 Å². The van der Waals surface area contributed by atoms with Gasteiger partial charge >= 0.3 is 5.97 Å². The number of rotatable bonds is 4. The van der Waals surface area contributed by atoms with Crippen LogP contribution in [0.25, 0.3) is 0 Å². The summed E-state index contributed by atoms with van der Waals surface area (Å²) in [7, 11) is 0. The zero-order valence-corrected chi connectivity index (χ0v) is 9.23. The quantitative estimate of drug-likeness (QED) is 0.796. The number of carboxylic acids is 1. The van der Waals surface area contributed by atoms with E-state index in [-0.39, 0.29) is 0 Å². The fourth-order valence-electron chi connectivity index (χ4n) is 1.18. The third-order valence-corrected chi connectivity index (χ3v) is 2.19. The van der Waals surface area contributed by atoms with Crippen LogP contribution in [0.5, 0.6) is 0 Å². The average Bonchev–Trinajstić information content (AvgIpc) is 2.26. The first-order valence-corrected chi connectivity index (χ1v) is 5.01. The maximum atomic E-state index is 11.6. The predicted molar refractivity (Wildman–Crippen MR) is 58.2 cm³/mol. The summed E-state index contributed by atoms with van der Waals surface area (Å²) in [6, 6.07) is 2.47. The maximum absolute atomic E-state index is 11.6. The zero-order chi connectivity index (χ0) is 12.1. The summed E-state index contributed by atoms with van der Waals surface area (Å²) in [5.41, 5.74) is 1.17. The Hall–Kier alpha value is -1.91. The SMILES string of the molecule is CCC(NC(=O)c1ccc(C)nc1)C(=O)O. The molecule has 1 heterocycles. The van der Waals surface area contributed by atoms with Crippen molar-refractivity contribution in [3.8, 4) is 0 Å². The van der Waals surface area contributed by atoms with E-state index in [4.69, 9.17) is 5.11 Å². The van der Waals surface area contributed by atoms with Crippen LogP contribution in [0.1, 0.15) is 29.4 Å². The van der Waals surface area contributed by atoms with Gasteiger partial charge in [0.05, 0.1) is 5.56 Å². The Labute approximate surface area is 93.5 Å². The number of hydrogen-bond donors (Lipinski definition) is 2. The third kappa shape index (κ3) is 3.05. The molecule has 0 aliphatic carbocycles. The molecule has 1 aromatic heterocycles. The van der Waals surface area contributed by atoms with Crippen LogP contribution in [0, 0.1) is 6.92 Å². The molecule has 0 saturated carbocycles. The van der Waals surface area contributed by atoms with Crippen molar-refractivity contribution in [3.05, 3.63) is 29.6 Å². The topological polar surface area (TPSA) is 79.3 Å². The number of carbonyl (C=O) groups is 2. The number of carbonyl (C=O) groups excluding carboxylic acids is 1. The van der Waals surface area contributed by atoms with E-state index in [0.717, 1.165) is 5.69 Å². The number of nitrogens with zero attached hydrogens (tertiary/aromatic N) is 1. The van der Waals surface area contributed by atoms with Crippen molar-refractivity contribution in [1.82, 2.24) is 10.3 Å². The molecule has 0 radical (unpaired) electrons. The molecular formula is C11H14N2O3. The molecule has 0 aromatic carbocycles. The molecule has 0 aliphatic heterocycles. The smallest absolute Gasteiger partial charge is 0.326 e. The average molecular weight is 222 g/mol. The molecular weight excluding hydrogens is 208 g/mol. The first-order chi connectivity index (χ1) is 7.54. The van der Waals surface area contributed by atoms with Gasteiger partial charge in [-0.15, -0.1) is 0 Å². The van der Waals surface area contributed by atoms with Crippen LogP contribution in [0.4, 0.5) is 0 Å². The van der Waals surface area contributed by atoms with Gasteiger partial charge in [0.2, 0.25) is 0 Å². The number of nitrogens with one attached hydrogen (secondary N) is 1. The Kier molecular flexibility index (Phi) is 3.99. The highest BCUT2D eigenvalue weighted by molar-refractivity contribution is 5.96. The van der Waals surface area contributed by atoms with E-state index < -0.39 is 17.9 Å². The van der Waals surface area contributed by atoms with Gasteiger partial charge in [0, 0.05) is 11.9 Å². The molecule has 2 N–H and O–H groups in total. The van der Waals surface area contributed by atoms with E-state index in [1.165, 1.54) is 6.20 Å². The summed E-state index contributed by atoms with van der Waals surface area (Å²) in [4.78, 5) is 26.3. The number of aromatic nitrogens is 1. The Bertz CT molecular complexity index is 387. The second-order valence-corrected chi connectivity index (χ2v) is 3.46. The Balaban J connectivity index is 2.71. The number of hydrogen-bond acceptors (Lipinski definition) is 3. The third-order valence-electron chi connectivity index (χ3n) is 2.19. The van der Waals surface area contributed by atoms with Gasteiger partial charge in [0.25, 0.3) is 5.91 Å². The van der Waals surface area contributed by atoms with E-state index >= 15 is 0 Å². The lowest BCUT2D eigenvalue weighted by Crippen LogP contribution is -2.40. The van der Waals surface area contributed by atoms with Gasteiger partial charge < -0.3 is 10.4 Å². The molecule has 0 bridgehead atoms. The number of carboxylic acid groups (broad SMARTS) is 1. The van der Waals surface area contributed by atoms with E-state index in [2.05, 4.69) is 10.3 Å². The van der Waals surface area contributed by atoms with Crippen molar-refractivity contribution in [2.75, 3.05) is 0 Å². The summed E-state index contributed by atoms with van der Waals surface area (Å²) < 4.78 is 0. The molecule has 16 heavy (non-hydrogen) atoms. The highest BCUT2D eigenvalue weighted by atomic mass is 16.4. The first-order valence-electron chi connectivity index (χ1n) is 5.01. The molecule has 86 valence electrons. The van der Waals surface area contributed by atoms with E-state index in [1.54, 1.807) is 19.1 Å². The van der Waals surface area contributed by atoms with Crippen molar-refractivity contribution in [1.29, 1.82) is 0 Å². The van der Waals surface area contributed by atoms with Crippen LogP contribution >= 0.6 is 0 Å². The minimum atomic E-state index is -1.03. The van der Waals surface area contributed by atoms with Gasteiger partial charge in [-0.25, -0.2) is 4.79 Å². The molecule has 0 fully saturated rings. The van der Waals surface area contributed by atoms with Crippen molar-refractivity contribution in [2.24, 2.45) is 0 Å². The fourth-order valence-corrected chi connectivity index (χ4v) is 1.18. The van der Waals surface area contributed by atoms with Gasteiger partial charge in [-0.1, -0.05) is 6.92 Å². The van der Waals surface area contributed by atoms with Crippen LogP contribution in [0.15, 0.2) is 18.3 Å². The van der Waals surface area contributed by atoms with Crippen LogP contribution in [0.2, 0.25) is 0 Å². The summed E-state index contributed by atoms with van der Waals surface area (Å²) >= 11 is 0. The minimum Gasteiger partial charge on any atom is -0.480 e. The summed E-state index contributed by atoms with van der Waals surface area (Å²) in [5.74, 6) is -1.45. The minimum absolute atomic E-state index is 0.348. The number of amides is 1. The van der Waals surface area contributed by atoms with Crippen LogP contribution in [0.3, 0.4) is 0 Å². The van der Waals surface area contributed by atoms with Crippen molar-refractivity contribution >= 4 is 11.9 Å². The van der Waals surface area contributed by atoms with Crippen LogP contribution < -0.4 is 5.32 Å². The Morgan fingerprint density at radius 1 is 1.50 bits per heavy atom. The first kappa shape index (κ1) is 12.2. The molecule has 1 aromatic rings. The predicted octanol–water partition coefficient (Wildman–Crippen LogP) is 0.983. The number of aliphatic carboxylic acids is 1. The Morgan fingerprint density at radius 2 is 2.19 bits per heavy atom. The van der Waals surface area contributed by atoms with E-state index in [0.29, 0.717) is 12.0 Å². The van der Waals surface area contributed by atoms with Crippen molar-refractivity contribution in [3.63, 3.8) is 0 Å². The second-order valence-electron chi connectivity index (χ2n) is 3.46. The summed E-state index contributed by atoms with van der Waals surface area (Å²) in [6.07, 6.45) is 1.78. The molecule has 0 spiro atoms. The molecule has 5 nitrogen and oxygen atoms in total. The van der Waals surface area contributed by atoms with Crippen LogP contribution in [-0.2, 0) is 4.79 Å². The molecule has 1 atom stereocenters. The molecule has 0 aliphatic rings. The van der Waals surface area contributed by atoms with Gasteiger partial charge in [-0.05, 0) is 25.5 Å². The number of pyridine rings is 1. The van der Waals surface area contributed by atoms with E-state index in [1.807, 2.05) is 6.92 Å². The largest absolute Gasteiger partial charge is 0.480 e. The summed E-state index contributed by atoms with van der Waals surface area (Å²) in [5, 5.41) is 11.2. The molecule has 1 rings (SSSR count). The molecule has 5 heteroatoms. The summed E-state index contributed by atoms with van der Waals surface area (Å²) in [6.45, 7) is 3.51. The van der Waals surface area contributed by atoms with Crippen molar-refractivity contribution < 1.29 is 14.7 Å². The fraction of sp³-hybridized carbons (Fsp3) is 0.364. The normalized spacial score (nSPS) is 11.9. The monoisotopic (exact) mass is 222 g/mol. The maximum Gasteiger partial charge on any atom is 0.326 e. The molecule has 1 unspecified atom stereocenters. The Morgan fingerprint density at radius 3 is 2.62 bits per heavy atom. The lowest BCUT2D eigenvalue weighted by atomic mass is 10.2. The number of aryl methyl sites for hydroxylation is 1. The van der Waals surface area contributed by atoms with Gasteiger partial charge in [-0.3, -0.25) is 9.78 Å².